The molecule has 3 aromatic rings. The van der Waals surface area contributed by atoms with E-state index in [1.807, 2.05) is 55.6 Å². The first-order chi connectivity index (χ1) is 12.8. The largest absolute Gasteiger partial charge is 0.480 e. The van der Waals surface area contributed by atoms with Gasteiger partial charge in [0.1, 0.15) is 5.75 Å². The molecule has 0 aliphatic carbocycles. The van der Waals surface area contributed by atoms with Crippen molar-refractivity contribution in [2.24, 2.45) is 0 Å². The lowest BCUT2D eigenvalue weighted by Crippen LogP contribution is -2.34. The van der Waals surface area contributed by atoms with E-state index in [1.165, 1.54) is 0 Å². The summed E-state index contributed by atoms with van der Waals surface area (Å²) in [4.78, 5) is 16.7. The molecular formula is C23H24N2O2. The van der Waals surface area contributed by atoms with Gasteiger partial charge < -0.3 is 15.0 Å². The summed E-state index contributed by atoms with van der Waals surface area (Å²) in [6.07, 6.45) is 1.36. The molecule has 27 heavy (non-hydrogen) atoms. The first kappa shape index (κ1) is 17.4. The second-order valence-electron chi connectivity index (χ2n) is 8.03. The van der Waals surface area contributed by atoms with E-state index in [0.717, 1.165) is 22.2 Å². The molecule has 1 unspecified atom stereocenters. The quantitative estimate of drug-likeness (QED) is 0.628. The molecule has 0 saturated heterocycles. The van der Waals surface area contributed by atoms with Gasteiger partial charge in [0.05, 0.1) is 11.1 Å². The highest BCUT2D eigenvalue weighted by molar-refractivity contribution is 6.12. The number of hydrogen-bond acceptors (Lipinski definition) is 3. The molecule has 4 heteroatoms. The Labute approximate surface area is 159 Å². The SMILES string of the molecule is Cc1[nH]c2ccccc2c1C1Oc2ccccc2C(=O)C1=CNC(C)(C)C. The van der Waals surface area contributed by atoms with Gasteiger partial charge in [-0.15, -0.1) is 0 Å². The lowest BCUT2D eigenvalue weighted by Gasteiger charge is -2.29. The third kappa shape index (κ3) is 3.12. The third-order valence-electron chi connectivity index (χ3n) is 4.79. The van der Waals surface area contributed by atoms with Gasteiger partial charge >= 0.3 is 0 Å². The number of aryl methyl sites for hydroxylation is 1. The maximum atomic E-state index is 13.3. The van der Waals surface area contributed by atoms with Crippen LogP contribution in [0.1, 0.15) is 48.5 Å². The van der Waals surface area contributed by atoms with E-state index < -0.39 is 6.10 Å². The van der Waals surface area contributed by atoms with Gasteiger partial charge in [-0.1, -0.05) is 30.3 Å². The smallest absolute Gasteiger partial charge is 0.198 e. The average Bonchev–Trinajstić information content (AvgIpc) is 2.95. The Morgan fingerprint density at radius 2 is 1.78 bits per heavy atom. The summed E-state index contributed by atoms with van der Waals surface area (Å²) in [5, 5.41) is 4.42. The number of fused-ring (bicyclic) bond motifs is 2. The fourth-order valence-electron chi connectivity index (χ4n) is 3.51. The van der Waals surface area contributed by atoms with Crippen molar-refractivity contribution in [1.82, 2.24) is 10.3 Å². The standard InChI is InChI=1S/C23H24N2O2/c1-14-20(15-9-5-7-11-18(15)25-14)22-17(13-24-23(2,3)4)21(26)16-10-6-8-12-19(16)27-22/h5-13,22,24-25H,1-4H3. The Balaban J connectivity index is 1.90. The molecule has 4 nitrogen and oxygen atoms in total. The van der Waals surface area contributed by atoms with Crippen LogP contribution in [0, 0.1) is 6.92 Å². The minimum atomic E-state index is -0.460. The van der Waals surface area contributed by atoms with Crippen LogP contribution in [0.3, 0.4) is 0 Å². The first-order valence-electron chi connectivity index (χ1n) is 9.20. The van der Waals surface area contributed by atoms with Crippen LogP contribution in [0.25, 0.3) is 10.9 Å². The van der Waals surface area contributed by atoms with Gasteiger partial charge in [-0.25, -0.2) is 0 Å². The van der Waals surface area contributed by atoms with Crippen LogP contribution >= 0.6 is 0 Å². The van der Waals surface area contributed by atoms with Crippen molar-refractivity contribution in [3.05, 3.63) is 77.1 Å². The van der Waals surface area contributed by atoms with Crippen LogP contribution in [0.15, 0.2) is 60.3 Å². The molecular weight excluding hydrogens is 336 g/mol. The summed E-state index contributed by atoms with van der Waals surface area (Å²) in [5.74, 6) is 0.633. The van der Waals surface area contributed by atoms with Gasteiger partial charge in [0.25, 0.3) is 0 Å². The highest BCUT2D eigenvalue weighted by atomic mass is 16.5. The molecule has 0 fully saturated rings. The predicted molar refractivity (Wildman–Crippen MR) is 108 cm³/mol. The van der Waals surface area contributed by atoms with Crippen LogP contribution in [-0.4, -0.2) is 16.3 Å². The molecule has 4 rings (SSSR count). The summed E-state index contributed by atoms with van der Waals surface area (Å²) < 4.78 is 6.36. The molecule has 1 atom stereocenters. The first-order valence-corrected chi connectivity index (χ1v) is 9.20. The number of ketones is 1. The van der Waals surface area contributed by atoms with E-state index >= 15 is 0 Å². The molecule has 0 spiro atoms. The zero-order chi connectivity index (χ0) is 19.2. The van der Waals surface area contributed by atoms with Crippen LogP contribution in [0.2, 0.25) is 0 Å². The summed E-state index contributed by atoms with van der Waals surface area (Å²) in [5.41, 5.74) is 4.14. The van der Waals surface area contributed by atoms with E-state index in [9.17, 15) is 4.79 Å². The molecule has 1 aliphatic heterocycles. The topological polar surface area (TPSA) is 54.1 Å². The summed E-state index contributed by atoms with van der Waals surface area (Å²) in [6, 6.07) is 15.6. The van der Waals surface area contributed by atoms with Crippen molar-refractivity contribution in [2.45, 2.75) is 39.3 Å². The normalized spacial score (nSPS) is 18.4. The second kappa shape index (κ2) is 6.31. The van der Waals surface area contributed by atoms with Gasteiger partial charge in [-0.2, -0.15) is 0 Å². The number of benzene rings is 2. The Hall–Kier alpha value is -3.01. The Morgan fingerprint density at radius 3 is 2.56 bits per heavy atom. The van der Waals surface area contributed by atoms with E-state index in [-0.39, 0.29) is 11.3 Å². The molecule has 1 aromatic heterocycles. The average molecular weight is 360 g/mol. The molecule has 2 N–H and O–H groups in total. The van der Waals surface area contributed by atoms with E-state index in [1.54, 1.807) is 0 Å². The van der Waals surface area contributed by atoms with Crippen LogP contribution in [0.5, 0.6) is 5.75 Å². The fourth-order valence-corrected chi connectivity index (χ4v) is 3.51. The molecule has 0 radical (unpaired) electrons. The number of hydrogen-bond donors (Lipinski definition) is 2. The van der Waals surface area contributed by atoms with Gasteiger partial charge in [0.2, 0.25) is 0 Å². The molecule has 2 heterocycles. The number of para-hydroxylation sites is 2. The second-order valence-corrected chi connectivity index (χ2v) is 8.03. The number of ether oxygens (including phenoxy) is 1. The van der Waals surface area contributed by atoms with E-state index in [2.05, 4.69) is 37.1 Å². The van der Waals surface area contributed by atoms with Crippen LogP contribution in [-0.2, 0) is 0 Å². The van der Waals surface area contributed by atoms with Gasteiger partial charge in [-0.05, 0) is 45.9 Å². The number of rotatable bonds is 2. The summed E-state index contributed by atoms with van der Waals surface area (Å²) in [7, 11) is 0. The number of carbonyl (C=O) groups excluding carboxylic acids is 1. The van der Waals surface area contributed by atoms with Crippen molar-refractivity contribution in [2.75, 3.05) is 0 Å². The maximum Gasteiger partial charge on any atom is 0.198 e. The minimum Gasteiger partial charge on any atom is -0.480 e. The number of H-pyrrole nitrogens is 1. The molecule has 0 saturated carbocycles. The van der Waals surface area contributed by atoms with Gasteiger partial charge in [-0.3, -0.25) is 4.79 Å². The van der Waals surface area contributed by atoms with Crippen molar-refractivity contribution in [1.29, 1.82) is 0 Å². The number of aromatic amines is 1. The fraction of sp³-hybridized carbons (Fsp3) is 0.261. The molecule has 0 bridgehead atoms. The van der Waals surface area contributed by atoms with Crippen molar-refractivity contribution in [3.8, 4) is 5.75 Å². The van der Waals surface area contributed by atoms with Crippen molar-refractivity contribution >= 4 is 16.7 Å². The van der Waals surface area contributed by atoms with Crippen molar-refractivity contribution in [3.63, 3.8) is 0 Å². The zero-order valence-corrected chi connectivity index (χ0v) is 16.1. The monoisotopic (exact) mass is 360 g/mol. The van der Waals surface area contributed by atoms with E-state index in [4.69, 9.17) is 4.74 Å². The number of carbonyl (C=O) groups is 1. The third-order valence-corrected chi connectivity index (χ3v) is 4.79. The number of nitrogens with one attached hydrogen (secondary N) is 2. The van der Waals surface area contributed by atoms with Crippen LogP contribution in [0.4, 0.5) is 0 Å². The Bertz CT molecular complexity index is 1050. The van der Waals surface area contributed by atoms with Gasteiger partial charge in [0.15, 0.2) is 11.9 Å². The zero-order valence-electron chi connectivity index (χ0n) is 16.1. The molecule has 0 amide bonds. The van der Waals surface area contributed by atoms with Crippen molar-refractivity contribution < 1.29 is 9.53 Å². The van der Waals surface area contributed by atoms with E-state index in [0.29, 0.717) is 16.9 Å². The maximum absolute atomic E-state index is 13.3. The summed E-state index contributed by atoms with van der Waals surface area (Å²) in [6.45, 7) is 8.23. The molecule has 2 aromatic carbocycles. The lowest BCUT2D eigenvalue weighted by molar-refractivity contribution is 0.0960. The highest BCUT2D eigenvalue weighted by Crippen LogP contribution is 2.41. The summed E-state index contributed by atoms with van der Waals surface area (Å²) >= 11 is 0. The molecule has 1 aliphatic rings. The minimum absolute atomic E-state index is 0.00304. The van der Waals surface area contributed by atoms with Crippen LogP contribution < -0.4 is 10.1 Å². The molecule has 138 valence electrons. The predicted octanol–water partition coefficient (Wildman–Crippen LogP) is 5.06. The lowest BCUT2D eigenvalue weighted by atomic mass is 9.90. The van der Waals surface area contributed by atoms with Gasteiger partial charge in [0, 0.05) is 33.9 Å². The Morgan fingerprint density at radius 1 is 1.07 bits per heavy atom. The Kier molecular flexibility index (Phi) is 4.06. The highest BCUT2D eigenvalue weighted by Gasteiger charge is 2.35. The number of Topliss-reactive ketones (excluding diaryl/α,β-unsaturated/α-hetero) is 1. The number of aromatic nitrogens is 1.